The predicted molar refractivity (Wildman–Crippen MR) is 29.0 cm³/mol. The fraction of sp³-hybridized carbons (Fsp3) is 0. The quantitative estimate of drug-likeness (QED) is 0.455. The molecule has 0 spiro atoms. The van der Waals surface area contributed by atoms with Gasteiger partial charge in [-0.2, -0.15) is 0 Å². The summed E-state index contributed by atoms with van der Waals surface area (Å²) in [6.45, 7) is 0. The molecule has 0 aromatic heterocycles. The van der Waals surface area contributed by atoms with Crippen LogP contribution >= 0.6 is 23.9 Å². The van der Waals surface area contributed by atoms with E-state index in [4.69, 9.17) is 10.3 Å². The zero-order valence-electron chi connectivity index (χ0n) is 2.88. The van der Waals surface area contributed by atoms with Crippen molar-refractivity contribution in [2.45, 2.75) is 0 Å². The summed E-state index contributed by atoms with van der Waals surface area (Å²) in [5.74, 6) is 0. The third-order valence-electron chi connectivity index (χ3n) is 0.192. The molecule has 3 nitrogen and oxygen atoms in total. The van der Waals surface area contributed by atoms with E-state index in [9.17, 15) is 4.79 Å². The van der Waals surface area contributed by atoms with E-state index in [-0.39, 0.29) is 4.45 Å². The van der Waals surface area contributed by atoms with Crippen molar-refractivity contribution in [3.63, 3.8) is 0 Å². The fourth-order valence-corrected chi connectivity index (χ4v) is 0.250. The first-order chi connectivity index (χ1) is 2.81. The molecule has 0 aromatic carbocycles. The second kappa shape index (κ2) is 3.48. The van der Waals surface area contributed by atoms with Crippen molar-refractivity contribution >= 4 is 28.3 Å². The van der Waals surface area contributed by atoms with Crippen LogP contribution in [0.2, 0.25) is 0 Å². The predicted octanol–water partition coefficient (Wildman–Crippen LogP) is 0.320. The molecule has 0 aliphatic carbocycles. The third-order valence-corrected chi connectivity index (χ3v) is 1.15. The van der Waals surface area contributed by atoms with Gasteiger partial charge in [0.15, 0.2) is 0 Å². The van der Waals surface area contributed by atoms with Crippen molar-refractivity contribution in [1.82, 2.24) is 0 Å². The minimum Gasteiger partial charge on any atom is -0.272 e. The number of nitrogens with two attached hydrogens (primary N) is 2. The minimum absolute atomic E-state index is 0.269. The topological polar surface area (TPSA) is 69.1 Å². The largest absolute Gasteiger partial charge is 0.275 e. The Hall–Kier alpha value is 0.290. The third kappa shape index (κ3) is 2.52. The van der Waals surface area contributed by atoms with E-state index in [1.165, 1.54) is 0 Å². The molecular formula is CH4N2OS2. The Morgan fingerprint density at radius 2 is 1.67 bits per heavy atom. The molecule has 5 heteroatoms. The second-order valence-electron chi connectivity index (χ2n) is 0.486. The lowest BCUT2D eigenvalue weighted by Gasteiger charge is -1.80. The van der Waals surface area contributed by atoms with Gasteiger partial charge < -0.3 is 0 Å². The number of hydrogen-bond acceptors (Lipinski definition) is 5. The molecule has 0 aliphatic rings. The van der Waals surface area contributed by atoms with E-state index >= 15 is 0 Å². The first kappa shape index (κ1) is 6.29. The van der Waals surface area contributed by atoms with Crippen LogP contribution in [0.25, 0.3) is 0 Å². The van der Waals surface area contributed by atoms with E-state index < -0.39 is 0 Å². The SMILES string of the molecule is NSC(=O)SN. The van der Waals surface area contributed by atoms with Crippen LogP contribution in [0.4, 0.5) is 4.79 Å². The van der Waals surface area contributed by atoms with E-state index in [1.54, 1.807) is 0 Å². The summed E-state index contributed by atoms with van der Waals surface area (Å²) in [5, 5.41) is 9.50. The van der Waals surface area contributed by atoms with Gasteiger partial charge in [0.25, 0.3) is 4.45 Å². The van der Waals surface area contributed by atoms with Crippen molar-refractivity contribution in [2.24, 2.45) is 10.3 Å². The summed E-state index contributed by atoms with van der Waals surface area (Å²) in [5.41, 5.74) is 0. The summed E-state index contributed by atoms with van der Waals surface area (Å²) < 4.78 is -0.269. The number of rotatable bonds is 0. The van der Waals surface area contributed by atoms with Crippen LogP contribution in [-0.2, 0) is 0 Å². The van der Waals surface area contributed by atoms with Gasteiger partial charge in [-0.1, -0.05) is 0 Å². The van der Waals surface area contributed by atoms with E-state index in [1.807, 2.05) is 0 Å². The highest BCUT2D eigenvalue weighted by atomic mass is 32.2. The van der Waals surface area contributed by atoms with Crippen LogP contribution in [0.1, 0.15) is 0 Å². The standard InChI is InChI=1S/CH4N2OS2/c2-5-1(4)6-3/h2-3H2. The summed E-state index contributed by atoms with van der Waals surface area (Å²) in [6.07, 6.45) is 0. The molecule has 6 heavy (non-hydrogen) atoms. The van der Waals surface area contributed by atoms with Gasteiger partial charge >= 0.3 is 0 Å². The molecule has 0 heterocycles. The molecule has 0 aromatic rings. The lowest BCUT2D eigenvalue weighted by molar-refractivity contribution is 0.276. The molecule has 4 N–H and O–H groups in total. The Balaban J connectivity index is 2.99. The van der Waals surface area contributed by atoms with Crippen molar-refractivity contribution in [3.8, 4) is 0 Å². The second-order valence-corrected chi connectivity index (χ2v) is 1.96. The average Bonchev–Trinajstić information content (AvgIpc) is 1.65. The van der Waals surface area contributed by atoms with Gasteiger partial charge in [-0.05, 0) is 0 Å². The molecule has 0 aliphatic heterocycles. The Kier molecular flexibility index (Phi) is 3.65. The van der Waals surface area contributed by atoms with Crippen LogP contribution in [0.3, 0.4) is 0 Å². The minimum atomic E-state index is -0.269. The van der Waals surface area contributed by atoms with Crippen LogP contribution in [-0.4, -0.2) is 4.45 Å². The fourth-order valence-electron chi connectivity index (χ4n) is 0.0278. The van der Waals surface area contributed by atoms with Gasteiger partial charge in [0, 0.05) is 23.9 Å². The Morgan fingerprint density at radius 1 is 1.33 bits per heavy atom. The van der Waals surface area contributed by atoms with E-state index in [0.717, 1.165) is 0 Å². The summed E-state index contributed by atoms with van der Waals surface area (Å²) in [6, 6.07) is 0. The normalized spacial score (nSPS) is 8.33. The van der Waals surface area contributed by atoms with Crippen LogP contribution in [0.15, 0.2) is 0 Å². The van der Waals surface area contributed by atoms with Crippen molar-refractivity contribution in [1.29, 1.82) is 0 Å². The van der Waals surface area contributed by atoms with Crippen molar-refractivity contribution in [3.05, 3.63) is 0 Å². The maximum atomic E-state index is 9.86. The van der Waals surface area contributed by atoms with Gasteiger partial charge in [0.1, 0.15) is 0 Å². The Labute approximate surface area is 44.1 Å². The molecule has 36 valence electrons. The number of carbonyl (C=O) groups is 1. The Morgan fingerprint density at radius 3 is 1.67 bits per heavy atom. The molecular weight excluding hydrogens is 120 g/mol. The molecule has 0 bridgehead atoms. The van der Waals surface area contributed by atoms with Crippen molar-refractivity contribution < 1.29 is 4.79 Å². The smallest absolute Gasteiger partial charge is 0.272 e. The van der Waals surface area contributed by atoms with Gasteiger partial charge in [-0.15, -0.1) is 0 Å². The summed E-state index contributed by atoms with van der Waals surface area (Å²) in [7, 11) is 0. The van der Waals surface area contributed by atoms with E-state index in [2.05, 4.69) is 0 Å². The zero-order valence-corrected chi connectivity index (χ0v) is 4.51. The highest BCUT2D eigenvalue weighted by molar-refractivity contribution is 8.36. The lowest BCUT2D eigenvalue weighted by Crippen LogP contribution is -1.90. The molecule has 0 saturated carbocycles. The van der Waals surface area contributed by atoms with Crippen LogP contribution < -0.4 is 10.3 Å². The molecule has 0 saturated heterocycles. The van der Waals surface area contributed by atoms with Gasteiger partial charge in [0.05, 0.1) is 0 Å². The summed E-state index contributed by atoms with van der Waals surface area (Å²) in [4.78, 5) is 9.86. The number of hydrogen-bond donors (Lipinski definition) is 2. The maximum absolute atomic E-state index is 9.86. The average molecular weight is 124 g/mol. The van der Waals surface area contributed by atoms with Gasteiger partial charge in [-0.3, -0.25) is 15.1 Å². The van der Waals surface area contributed by atoms with Crippen molar-refractivity contribution in [2.75, 3.05) is 0 Å². The Bertz CT molecular complexity index is 49.5. The maximum Gasteiger partial charge on any atom is 0.275 e. The van der Waals surface area contributed by atoms with Crippen LogP contribution in [0, 0.1) is 0 Å². The zero-order chi connectivity index (χ0) is 4.99. The molecule has 0 amide bonds. The first-order valence-electron chi connectivity index (χ1n) is 1.08. The first-order valence-corrected chi connectivity index (χ1v) is 2.84. The number of carbonyl (C=O) groups excluding carboxylic acids is 1. The highest BCUT2D eigenvalue weighted by Gasteiger charge is 1.90. The lowest BCUT2D eigenvalue weighted by atomic mass is 11.8. The molecule has 0 unspecified atom stereocenters. The highest BCUT2D eigenvalue weighted by Crippen LogP contribution is 2.01. The summed E-state index contributed by atoms with van der Waals surface area (Å²) >= 11 is 1.25. The van der Waals surface area contributed by atoms with Gasteiger partial charge in [-0.25, -0.2) is 0 Å². The van der Waals surface area contributed by atoms with Gasteiger partial charge in [0.2, 0.25) is 0 Å². The van der Waals surface area contributed by atoms with Crippen LogP contribution in [0.5, 0.6) is 0 Å². The monoisotopic (exact) mass is 124 g/mol. The molecule has 0 rings (SSSR count). The molecule has 0 fully saturated rings. The molecule has 0 atom stereocenters. The molecule has 0 radical (unpaired) electrons. The van der Waals surface area contributed by atoms with E-state index in [0.29, 0.717) is 23.9 Å².